The van der Waals surface area contributed by atoms with E-state index in [-0.39, 0.29) is 6.04 Å². The maximum atomic E-state index is 5.68. The van der Waals surface area contributed by atoms with Gasteiger partial charge in [0.2, 0.25) is 0 Å². The van der Waals surface area contributed by atoms with Crippen molar-refractivity contribution in [3.8, 4) is 0 Å². The van der Waals surface area contributed by atoms with Crippen LogP contribution in [-0.4, -0.2) is 11.0 Å². The smallest absolute Gasteiger partial charge is 0.0928 e. The third-order valence-electron chi connectivity index (χ3n) is 1.92. The third kappa shape index (κ3) is 3.87. The Balaban J connectivity index is 2.39. The standard InChI is InChI=1S/C10H18N2S/c1-3-4-10-12-9(7-13-10)6-5-8(2)11/h7-8H,3-6,11H2,1-2H3. The van der Waals surface area contributed by atoms with E-state index in [1.165, 1.54) is 17.1 Å². The number of nitrogens with zero attached hydrogens (tertiary/aromatic N) is 1. The van der Waals surface area contributed by atoms with Crippen molar-refractivity contribution < 1.29 is 0 Å². The first-order valence-corrected chi connectivity index (χ1v) is 5.79. The van der Waals surface area contributed by atoms with Crippen LogP contribution in [0.3, 0.4) is 0 Å². The molecular weight excluding hydrogens is 180 g/mol. The molecule has 3 heteroatoms. The highest BCUT2D eigenvalue weighted by Gasteiger charge is 2.02. The van der Waals surface area contributed by atoms with Crippen LogP contribution < -0.4 is 5.73 Å². The number of hydrogen-bond acceptors (Lipinski definition) is 3. The number of aryl methyl sites for hydroxylation is 2. The predicted octanol–water partition coefficient (Wildman–Crippen LogP) is 2.38. The molecule has 1 aromatic heterocycles. The van der Waals surface area contributed by atoms with Gasteiger partial charge in [-0.15, -0.1) is 11.3 Å². The monoisotopic (exact) mass is 198 g/mol. The molecule has 13 heavy (non-hydrogen) atoms. The summed E-state index contributed by atoms with van der Waals surface area (Å²) >= 11 is 1.77. The van der Waals surface area contributed by atoms with Crippen LogP contribution in [0.15, 0.2) is 5.38 Å². The lowest BCUT2D eigenvalue weighted by Crippen LogP contribution is -2.15. The lowest BCUT2D eigenvalue weighted by molar-refractivity contribution is 0.658. The average molecular weight is 198 g/mol. The fourth-order valence-electron chi connectivity index (χ4n) is 1.17. The van der Waals surface area contributed by atoms with Crippen molar-refractivity contribution in [2.75, 3.05) is 0 Å². The van der Waals surface area contributed by atoms with Crippen LogP contribution >= 0.6 is 11.3 Å². The summed E-state index contributed by atoms with van der Waals surface area (Å²) in [7, 11) is 0. The highest BCUT2D eigenvalue weighted by Crippen LogP contribution is 2.13. The zero-order chi connectivity index (χ0) is 9.68. The molecule has 74 valence electrons. The molecule has 2 N–H and O–H groups in total. The van der Waals surface area contributed by atoms with Crippen LogP contribution in [0.5, 0.6) is 0 Å². The third-order valence-corrected chi connectivity index (χ3v) is 2.88. The Hall–Kier alpha value is -0.410. The molecule has 0 saturated heterocycles. The summed E-state index contributed by atoms with van der Waals surface area (Å²) in [6.07, 6.45) is 4.36. The molecule has 0 amide bonds. The van der Waals surface area contributed by atoms with Crippen LogP contribution in [0.2, 0.25) is 0 Å². The second-order valence-corrected chi connectivity index (χ2v) is 4.44. The molecule has 0 spiro atoms. The molecule has 0 aliphatic carbocycles. The van der Waals surface area contributed by atoms with Crippen molar-refractivity contribution in [2.45, 2.75) is 45.6 Å². The molecule has 2 nitrogen and oxygen atoms in total. The highest BCUT2D eigenvalue weighted by molar-refractivity contribution is 7.09. The quantitative estimate of drug-likeness (QED) is 0.789. The Labute approximate surface area is 84.2 Å². The van der Waals surface area contributed by atoms with Gasteiger partial charge in [-0.05, 0) is 32.6 Å². The lowest BCUT2D eigenvalue weighted by Gasteiger charge is -2.00. The normalized spacial score (nSPS) is 13.2. The molecule has 1 rings (SSSR count). The second-order valence-electron chi connectivity index (χ2n) is 3.50. The van der Waals surface area contributed by atoms with Gasteiger partial charge < -0.3 is 5.73 Å². The number of nitrogens with two attached hydrogens (primary N) is 1. The molecule has 1 unspecified atom stereocenters. The maximum Gasteiger partial charge on any atom is 0.0928 e. The van der Waals surface area contributed by atoms with Gasteiger partial charge in [-0.3, -0.25) is 0 Å². The van der Waals surface area contributed by atoms with Crippen molar-refractivity contribution in [1.29, 1.82) is 0 Å². The first-order chi connectivity index (χ1) is 6.22. The van der Waals surface area contributed by atoms with Crippen molar-refractivity contribution >= 4 is 11.3 Å². The van der Waals surface area contributed by atoms with Gasteiger partial charge in [-0.25, -0.2) is 4.98 Å². The van der Waals surface area contributed by atoms with Crippen LogP contribution in [0, 0.1) is 0 Å². The largest absolute Gasteiger partial charge is 0.328 e. The first kappa shape index (κ1) is 10.7. The van der Waals surface area contributed by atoms with Gasteiger partial charge in [0, 0.05) is 11.4 Å². The van der Waals surface area contributed by atoms with Gasteiger partial charge in [0.25, 0.3) is 0 Å². The lowest BCUT2D eigenvalue weighted by atomic mass is 10.2. The molecule has 0 saturated carbocycles. The summed E-state index contributed by atoms with van der Waals surface area (Å²) in [5.41, 5.74) is 6.90. The Morgan fingerprint density at radius 2 is 2.31 bits per heavy atom. The van der Waals surface area contributed by atoms with Crippen LogP contribution in [-0.2, 0) is 12.8 Å². The van der Waals surface area contributed by atoms with E-state index in [0.29, 0.717) is 0 Å². The molecule has 1 heterocycles. The predicted molar refractivity (Wildman–Crippen MR) is 58.1 cm³/mol. The molecule has 0 aliphatic heterocycles. The van der Waals surface area contributed by atoms with E-state index in [2.05, 4.69) is 17.3 Å². The van der Waals surface area contributed by atoms with Gasteiger partial charge in [0.05, 0.1) is 10.7 Å². The topological polar surface area (TPSA) is 38.9 Å². The van der Waals surface area contributed by atoms with Gasteiger partial charge in [-0.1, -0.05) is 6.92 Å². The fourth-order valence-corrected chi connectivity index (χ4v) is 2.10. The summed E-state index contributed by atoms with van der Waals surface area (Å²) in [6.45, 7) is 4.22. The molecule has 1 aromatic rings. The SMILES string of the molecule is CCCc1nc(CCC(C)N)cs1. The van der Waals surface area contributed by atoms with Gasteiger partial charge in [-0.2, -0.15) is 0 Å². The summed E-state index contributed by atoms with van der Waals surface area (Å²) in [4.78, 5) is 4.53. The summed E-state index contributed by atoms with van der Waals surface area (Å²) in [6, 6.07) is 0.288. The number of thiazole rings is 1. The molecule has 1 atom stereocenters. The summed E-state index contributed by atoms with van der Waals surface area (Å²) < 4.78 is 0. The van der Waals surface area contributed by atoms with Crippen molar-refractivity contribution in [1.82, 2.24) is 4.98 Å². The van der Waals surface area contributed by atoms with E-state index >= 15 is 0 Å². The minimum absolute atomic E-state index is 0.288. The van der Waals surface area contributed by atoms with E-state index in [1.54, 1.807) is 11.3 Å². The highest BCUT2D eigenvalue weighted by atomic mass is 32.1. The Kier molecular flexibility index (Phi) is 4.39. The summed E-state index contributed by atoms with van der Waals surface area (Å²) in [5, 5.41) is 3.43. The number of aromatic nitrogens is 1. The maximum absolute atomic E-state index is 5.68. The van der Waals surface area contributed by atoms with Gasteiger partial charge in [0.15, 0.2) is 0 Å². The number of hydrogen-bond donors (Lipinski definition) is 1. The minimum atomic E-state index is 0.288. The van der Waals surface area contributed by atoms with E-state index < -0.39 is 0 Å². The van der Waals surface area contributed by atoms with Crippen LogP contribution in [0.4, 0.5) is 0 Å². The van der Waals surface area contributed by atoms with Gasteiger partial charge >= 0.3 is 0 Å². The van der Waals surface area contributed by atoms with Gasteiger partial charge in [0.1, 0.15) is 0 Å². The molecular formula is C10H18N2S. The van der Waals surface area contributed by atoms with Crippen molar-refractivity contribution in [3.05, 3.63) is 16.1 Å². The van der Waals surface area contributed by atoms with Crippen LogP contribution in [0.1, 0.15) is 37.4 Å². The number of rotatable bonds is 5. The Morgan fingerprint density at radius 1 is 1.54 bits per heavy atom. The summed E-state index contributed by atoms with van der Waals surface area (Å²) in [5.74, 6) is 0. The minimum Gasteiger partial charge on any atom is -0.328 e. The molecule has 0 fully saturated rings. The molecule has 0 radical (unpaired) electrons. The molecule has 0 bridgehead atoms. The zero-order valence-corrected chi connectivity index (χ0v) is 9.23. The van der Waals surface area contributed by atoms with E-state index in [9.17, 15) is 0 Å². The Morgan fingerprint density at radius 3 is 2.92 bits per heavy atom. The van der Waals surface area contributed by atoms with E-state index in [1.807, 2.05) is 6.92 Å². The zero-order valence-electron chi connectivity index (χ0n) is 8.42. The van der Waals surface area contributed by atoms with Crippen molar-refractivity contribution in [3.63, 3.8) is 0 Å². The Bertz CT molecular complexity index is 243. The van der Waals surface area contributed by atoms with E-state index in [4.69, 9.17) is 5.73 Å². The average Bonchev–Trinajstić information content (AvgIpc) is 2.50. The van der Waals surface area contributed by atoms with Crippen molar-refractivity contribution in [2.24, 2.45) is 5.73 Å². The molecule has 0 aliphatic rings. The van der Waals surface area contributed by atoms with E-state index in [0.717, 1.165) is 19.3 Å². The fraction of sp³-hybridized carbons (Fsp3) is 0.700. The van der Waals surface area contributed by atoms with Crippen LogP contribution in [0.25, 0.3) is 0 Å². The second kappa shape index (κ2) is 5.35. The molecule has 0 aromatic carbocycles. The first-order valence-electron chi connectivity index (χ1n) is 4.91.